The van der Waals surface area contributed by atoms with E-state index >= 15 is 0 Å². The zero-order chi connectivity index (χ0) is 20.9. The number of carbonyl (C=O) groups is 1. The fourth-order valence-corrected chi connectivity index (χ4v) is 2.81. The van der Waals surface area contributed by atoms with Crippen LogP contribution in [0.1, 0.15) is 53.4 Å². The maximum Gasteiger partial charge on any atom is 0.270 e. The van der Waals surface area contributed by atoms with E-state index in [1.165, 1.54) is 12.1 Å². The van der Waals surface area contributed by atoms with E-state index in [0.29, 0.717) is 36.7 Å². The Kier molecular flexibility index (Phi) is 6.88. The van der Waals surface area contributed by atoms with Gasteiger partial charge < -0.3 is 9.42 Å². The van der Waals surface area contributed by atoms with Crippen molar-refractivity contribution in [1.29, 1.82) is 0 Å². The summed E-state index contributed by atoms with van der Waals surface area (Å²) >= 11 is 0. The van der Waals surface area contributed by atoms with Gasteiger partial charge in [0.1, 0.15) is 0 Å². The molecule has 8 nitrogen and oxygen atoms in total. The number of aromatic nitrogens is 2. The van der Waals surface area contributed by atoms with Crippen LogP contribution in [-0.4, -0.2) is 38.5 Å². The van der Waals surface area contributed by atoms with Gasteiger partial charge in [-0.2, -0.15) is 4.98 Å². The molecule has 1 atom stereocenters. The average Bonchev–Trinajstić information content (AvgIpc) is 3.09. The van der Waals surface area contributed by atoms with Crippen molar-refractivity contribution in [3.8, 4) is 11.4 Å². The molecule has 0 fully saturated rings. The fourth-order valence-electron chi connectivity index (χ4n) is 2.81. The molecular weight excluding hydrogens is 360 g/mol. The Morgan fingerprint density at radius 3 is 2.68 bits per heavy atom. The zero-order valence-electron chi connectivity index (χ0n) is 17.1. The molecule has 1 heterocycles. The van der Waals surface area contributed by atoms with Crippen molar-refractivity contribution < 1.29 is 14.2 Å². The minimum absolute atomic E-state index is 0.0282. The molecule has 0 saturated heterocycles. The van der Waals surface area contributed by atoms with Crippen molar-refractivity contribution in [2.45, 2.75) is 59.9 Å². The maximum atomic E-state index is 12.7. The summed E-state index contributed by atoms with van der Waals surface area (Å²) in [6.45, 7) is 10.7. The second-order valence-electron chi connectivity index (χ2n) is 8.15. The first-order valence-electron chi connectivity index (χ1n) is 9.47. The fraction of sp³-hybridized carbons (Fsp3) is 0.550. The lowest BCUT2D eigenvalue weighted by Crippen LogP contribution is -2.41. The van der Waals surface area contributed by atoms with Crippen LogP contribution in [0, 0.1) is 15.5 Å². The van der Waals surface area contributed by atoms with Crippen LogP contribution in [0.25, 0.3) is 11.4 Å². The predicted octanol–water partition coefficient (Wildman–Crippen LogP) is 4.25. The highest BCUT2D eigenvalue weighted by Crippen LogP contribution is 2.23. The van der Waals surface area contributed by atoms with E-state index < -0.39 is 4.92 Å². The van der Waals surface area contributed by atoms with Gasteiger partial charge in [0, 0.05) is 43.1 Å². The SMILES string of the molecule is CC[C@H](C)N(CCc1nc(-c2cccc([N+](=O)[O-])c2)no1)C(=O)CC(C)(C)C. The van der Waals surface area contributed by atoms with E-state index in [4.69, 9.17) is 4.52 Å². The maximum absolute atomic E-state index is 12.7. The topological polar surface area (TPSA) is 102 Å². The quantitative estimate of drug-likeness (QED) is 0.495. The van der Waals surface area contributed by atoms with Crippen LogP contribution in [0.15, 0.2) is 28.8 Å². The van der Waals surface area contributed by atoms with Crippen molar-refractivity contribution >= 4 is 11.6 Å². The molecule has 1 amide bonds. The summed E-state index contributed by atoms with van der Waals surface area (Å²) in [6.07, 6.45) is 1.76. The van der Waals surface area contributed by atoms with Gasteiger partial charge in [-0.05, 0) is 18.8 Å². The van der Waals surface area contributed by atoms with Gasteiger partial charge in [-0.25, -0.2) is 0 Å². The molecule has 0 aliphatic carbocycles. The third-order valence-electron chi connectivity index (χ3n) is 4.47. The highest BCUT2D eigenvalue weighted by atomic mass is 16.6. The van der Waals surface area contributed by atoms with E-state index in [-0.39, 0.29) is 23.1 Å². The zero-order valence-corrected chi connectivity index (χ0v) is 17.1. The standard InChI is InChI=1S/C20H28N4O4/c1-6-14(2)23(18(25)13-20(3,4)5)11-10-17-21-19(22-28-17)15-8-7-9-16(12-15)24(26)27/h7-9,12,14H,6,10-11,13H2,1-5H3/t14-/m0/s1. The number of nitro groups is 1. The summed E-state index contributed by atoms with van der Waals surface area (Å²) in [4.78, 5) is 29.4. The molecule has 0 bridgehead atoms. The molecule has 1 aromatic carbocycles. The highest BCUT2D eigenvalue weighted by Gasteiger charge is 2.24. The number of nitrogens with zero attached hydrogens (tertiary/aromatic N) is 4. The number of non-ortho nitro benzene ring substituents is 1. The van der Waals surface area contributed by atoms with Crippen LogP contribution in [0.4, 0.5) is 5.69 Å². The van der Waals surface area contributed by atoms with Gasteiger partial charge in [-0.15, -0.1) is 0 Å². The summed E-state index contributed by atoms with van der Waals surface area (Å²) in [6, 6.07) is 6.22. The molecule has 8 heteroatoms. The molecule has 2 rings (SSSR count). The lowest BCUT2D eigenvalue weighted by molar-refractivity contribution is -0.384. The van der Waals surface area contributed by atoms with Crippen LogP contribution in [0.3, 0.4) is 0 Å². The number of benzene rings is 1. The number of amides is 1. The Hall–Kier alpha value is -2.77. The van der Waals surface area contributed by atoms with E-state index in [1.807, 2.05) is 32.6 Å². The van der Waals surface area contributed by atoms with Crippen LogP contribution in [0.2, 0.25) is 0 Å². The van der Waals surface area contributed by atoms with Gasteiger partial charge in [0.25, 0.3) is 5.69 Å². The number of hydrogen-bond acceptors (Lipinski definition) is 6. The first kappa shape index (κ1) is 21.5. The summed E-state index contributed by atoms with van der Waals surface area (Å²) in [7, 11) is 0. The second-order valence-corrected chi connectivity index (χ2v) is 8.15. The number of hydrogen-bond donors (Lipinski definition) is 0. The third kappa shape index (κ3) is 5.87. The summed E-state index contributed by atoms with van der Waals surface area (Å²) < 4.78 is 5.29. The van der Waals surface area contributed by atoms with E-state index in [9.17, 15) is 14.9 Å². The van der Waals surface area contributed by atoms with Crippen molar-refractivity contribution in [2.75, 3.05) is 6.54 Å². The molecule has 1 aromatic heterocycles. The summed E-state index contributed by atoms with van der Waals surface area (Å²) in [5.74, 6) is 0.813. The van der Waals surface area contributed by atoms with Crippen molar-refractivity contribution in [3.05, 3.63) is 40.3 Å². The van der Waals surface area contributed by atoms with Gasteiger partial charge >= 0.3 is 0 Å². The van der Waals surface area contributed by atoms with E-state index in [0.717, 1.165) is 6.42 Å². The molecular formula is C20H28N4O4. The van der Waals surface area contributed by atoms with Gasteiger partial charge in [0.05, 0.1) is 4.92 Å². The number of rotatable bonds is 8. The van der Waals surface area contributed by atoms with Crippen LogP contribution in [0.5, 0.6) is 0 Å². The van der Waals surface area contributed by atoms with Gasteiger partial charge in [-0.3, -0.25) is 14.9 Å². The van der Waals surface area contributed by atoms with Crippen LogP contribution < -0.4 is 0 Å². The molecule has 0 aliphatic rings. The van der Waals surface area contributed by atoms with Gasteiger partial charge in [0.15, 0.2) is 0 Å². The Labute approximate surface area is 165 Å². The molecule has 28 heavy (non-hydrogen) atoms. The van der Waals surface area contributed by atoms with Crippen molar-refractivity contribution in [1.82, 2.24) is 15.0 Å². The molecule has 0 N–H and O–H groups in total. The van der Waals surface area contributed by atoms with Crippen LogP contribution in [-0.2, 0) is 11.2 Å². The summed E-state index contributed by atoms with van der Waals surface area (Å²) in [5.41, 5.74) is 0.411. The van der Waals surface area contributed by atoms with Gasteiger partial charge in [-0.1, -0.05) is 45.0 Å². The summed E-state index contributed by atoms with van der Waals surface area (Å²) in [5, 5.41) is 14.8. The van der Waals surface area contributed by atoms with Crippen LogP contribution >= 0.6 is 0 Å². The first-order chi connectivity index (χ1) is 13.1. The van der Waals surface area contributed by atoms with E-state index in [2.05, 4.69) is 17.1 Å². The molecule has 0 aliphatic heterocycles. The minimum Gasteiger partial charge on any atom is -0.339 e. The monoisotopic (exact) mass is 388 g/mol. The van der Waals surface area contributed by atoms with Crippen molar-refractivity contribution in [3.63, 3.8) is 0 Å². The first-order valence-corrected chi connectivity index (χ1v) is 9.47. The molecule has 0 saturated carbocycles. The third-order valence-corrected chi connectivity index (χ3v) is 4.47. The molecule has 0 spiro atoms. The molecule has 0 radical (unpaired) electrons. The second kappa shape index (κ2) is 8.95. The van der Waals surface area contributed by atoms with Crippen molar-refractivity contribution in [2.24, 2.45) is 5.41 Å². The lowest BCUT2D eigenvalue weighted by Gasteiger charge is -2.31. The normalized spacial score (nSPS) is 12.6. The molecule has 152 valence electrons. The Morgan fingerprint density at radius 1 is 1.36 bits per heavy atom. The molecule has 2 aromatic rings. The lowest BCUT2D eigenvalue weighted by atomic mass is 9.91. The number of carbonyl (C=O) groups excluding carboxylic acids is 1. The van der Waals surface area contributed by atoms with Gasteiger partial charge in [0.2, 0.25) is 17.6 Å². The Balaban J connectivity index is 2.09. The minimum atomic E-state index is -0.463. The Morgan fingerprint density at radius 2 is 2.07 bits per heavy atom. The molecule has 0 unspecified atom stereocenters. The predicted molar refractivity (Wildman–Crippen MR) is 106 cm³/mol. The smallest absolute Gasteiger partial charge is 0.270 e. The Bertz CT molecular complexity index is 826. The van der Waals surface area contributed by atoms with E-state index in [1.54, 1.807) is 12.1 Å². The number of nitro benzene ring substituents is 1. The largest absolute Gasteiger partial charge is 0.339 e. The highest BCUT2D eigenvalue weighted by molar-refractivity contribution is 5.77. The average molecular weight is 388 g/mol.